The van der Waals surface area contributed by atoms with Gasteiger partial charge in [0, 0.05) is 57.5 Å². The lowest BCUT2D eigenvalue weighted by molar-refractivity contribution is 0.568. The van der Waals surface area contributed by atoms with Crippen LogP contribution in [0.15, 0.2) is 195 Å². The van der Waals surface area contributed by atoms with Crippen molar-refractivity contribution in [1.29, 1.82) is 0 Å². The van der Waals surface area contributed by atoms with Crippen LogP contribution in [-0.4, -0.2) is 17.4 Å². The number of rotatable bonds is 13. The molecule has 0 aliphatic heterocycles. The Bertz CT molecular complexity index is 5540. The van der Waals surface area contributed by atoms with E-state index in [4.69, 9.17) is 9.05 Å². The summed E-state index contributed by atoms with van der Waals surface area (Å²) in [6.45, 7) is 65.5. The van der Waals surface area contributed by atoms with E-state index in [-0.39, 0.29) is 43.3 Å². The van der Waals surface area contributed by atoms with Gasteiger partial charge in [0.2, 0.25) is 0 Å². The first-order chi connectivity index (χ1) is 56.1. The fourth-order valence-electron chi connectivity index (χ4n) is 18.3. The van der Waals surface area contributed by atoms with E-state index in [1.165, 1.54) is 166 Å². The van der Waals surface area contributed by atoms with Gasteiger partial charge >= 0.3 is 16.9 Å². The van der Waals surface area contributed by atoms with Crippen molar-refractivity contribution in [2.24, 2.45) is 0 Å². The number of benzene rings is 10. The Kier molecular flexibility index (Phi) is 21.4. The maximum atomic E-state index is 8.63. The number of fused-ring (bicyclic) bond motifs is 6. The van der Waals surface area contributed by atoms with Crippen LogP contribution in [0.5, 0.6) is 11.5 Å². The quantitative estimate of drug-likeness (QED) is 0.108. The average Bonchev–Trinajstić information content (AvgIpc) is 1.31. The van der Waals surface area contributed by atoms with Gasteiger partial charge in [0.15, 0.2) is 0 Å². The van der Waals surface area contributed by atoms with Gasteiger partial charge in [-0.15, -0.1) is 0 Å². The molecule has 0 unspecified atom stereocenters. The summed E-state index contributed by atoms with van der Waals surface area (Å²) in [6.07, 6.45) is 18.0. The first kappa shape index (κ1) is 84.4. The van der Waals surface area contributed by atoms with Gasteiger partial charge in [-0.2, -0.15) is 0 Å². The average molecular weight is 1630 g/mol. The van der Waals surface area contributed by atoms with E-state index in [2.05, 4.69) is 406 Å². The van der Waals surface area contributed by atoms with Crippen molar-refractivity contribution in [3.8, 4) is 67.1 Å². The van der Waals surface area contributed by atoms with E-state index < -0.39 is 16.9 Å². The molecule has 6 nitrogen and oxygen atoms in total. The van der Waals surface area contributed by atoms with Crippen molar-refractivity contribution < 1.29 is 9.05 Å². The molecule has 0 atom stereocenters. The standard InChI is InChI=1S/C112H132N4O2P2/c1-69-65-113(97-57-75(37-43-91(69)97)79-49-83(105(5,6)7)61-84(50-79)106(8,9)10)119(114-66-70(2)92-44-38-76(58-98(92)114)80-51-85(107(11,12)13)62-86(52-80)108(14,15)16)117-101-47-41-73-33-29-31-35-95(73)103(101)104-96-36-32-30-34-74(96)42-48-102(104)118-120(115-67-71(3)93-45-39-77(59-99(93)115)81-53-87(109(17,18)19)63-88(54-81)110(20,21)22)116-68-72(4)94-46-40-78(60-100(94)116)82-55-89(111(23,24)25)64-90(56-82)112(26,27)28/h37-68H,29-36H2,1-28H3. The van der Waals surface area contributed by atoms with Crippen LogP contribution in [0.3, 0.4) is 0 Å². The smallest absolute Gasteiger partial charge is 0.318 e. The summed E-state index contributed by atoms with van der Waals surface area (Å²) in [4.78, 5) is 0. The molecule has 0 saturated heterocycles. The van der Waals surface area contributed by atoms with Crippen LogP contribution in [0.2, 0.25) is 0 Å². The Balaban J connectivity index is 0.955. The third kappa shape index (κ3) is 16.3. The molecule has 0 fully saturated rings. The fourth-order valence-corrected chi connectivity index (χ4v) is 22.2. The predicted molar refractivity (Wildman–Crippen MR) is 520 cm³/mol. The molecule has 0 amide bonds. The topological polar surface area (TPSA) is 38.2 Å². The van der Waals surface area contributed by atoms with E-state index in [0.717, 1.165) is 84.9 Å². The fraction of sp³-hybridized carbons (Fsp3) is 0.393. The number of aryl methyl sites for hydroxylation is 6. The molecule has 622 valence electrons. The van der Waals surface area contributed by atoms with Crippen molar-refractivity contribution in [2.45, 2.75) is 289 Å². The zero-order valence-corrected chi connectivity index (χ0v) is 79.4. The molecule has 0 radical (unpaired) electrons. The lowest BCUT2D eigenvalue weighted by atomic mass is 9.79. The van der Waals surface area contributed by atoms with Gasteiger partial charge < -0.3 is 9.05 Å². The highest BCUT2D eigenvalue weighted by atomic mass is 31.2. The van der Waals surface area contributed by atoms with Crippen molar-refractivity contribution in [1.82, 2.24) is 17.4 Å². The van der Waals surface area contributed by atoms with E-state index in [0.29, 0.717) is 0 Å². The van der Waals surface area contributed by atoms with E-state index >= 15 is 0 Å². The molecule has 4 heterocycles. The monoisotopic (exact) mass is 1630 g/mol. The van der Waals surface area contributed by atoms with Gasteiger partial charge in [-0.1, -0.05) is 300 Å². The molecule has 0 spiro atoms. The molecule has 0 saturated carbocycles. The maximum Gasteiger partial charge on any atom is 0.318 e. The van der Waals surface area contributed by atoms with E-state index in [1.807, 2.05) is 0 Å². The number of nitrogens with zero attached hydrogens (tertiary/aromatic N) is 4. The van der Waals surface area contributed by atoms with Crippen LogP contribution in [-0.2, 0) is 69.0 Å². The molecule has 0 bridgehead atoms. The molecule has 0 N–H and O–H groups in total. The van der Waals surface area contributed by atoms with Crippen LogP contribution in [0.4, 0.5) is 0 Å². The van der Waals surface area contributed by atoms with Gasteiger partial charge in [0.05, 0.1) is 22.1 Å². The zero-order chi connectivity index (χ0) is 85.9. The van der Waals surface area contributed by atoms with Gasteiger partial charge in [-0.05, 0) is 292 Å². The molecule has 2 aliphatic carbocycles. The molecule has 10 aromatic carbocycles. The lowest BCUT2D eigenvalue weighted by Crippen LogP contribution is -2.16. The predicted octanol–water partition coefficient (Wildman–Crippen LogP) is 32.6. The third-order valence-corrected chi connectivity index (χ3v) is 29.8. The summed E-state index contributed by atoms with van der Waals surface area (Å²) >= 11 is 0. The third-order valence-electron chi connectivity index (χ3n) is 26.3. The summed E-state index contributed by atoms with van der Waals surface area (Å²) < 4.78 is 27.4. The highest BCUT2D eigenvalue weighted by Crippen LogP contribution is 2.58. The highest BCUT2D eigenvalue weighted by Gasteiger charge is 2.36. The van der Waals surface area contributed by atoms with Gasteiger partial charge in [-0.25, -0.2) is 0 Å². The number of hydrogen-bond acceptors (Lipinski definition) is 2. The van der Waals surface area contributed by atoms with Gasteiger partial charge in [-0.3, -0.25) is 17.4 Å². The minimum absolute atomic E-state index is 0.0579. The van der Waals surface area contributed by atoms with Gasteiger partial charge in [0.25, 0.3) is 0 Å². The Morgan fingerprint density at radius 3 is 0.650 bits per heavy atom. The number of hydrogen-bond donors (Lipinski definition) is 0. The SMILES string of the molecule is Cc1cn(P(Oc2ccc3c(c2-c2c(OP(n4cc(C)c5ccc(-c6cc(C(C)(C)C)cc(C(C)(C)C)c6)cc54)n4cc(C)c5ccc(-c6cc(C(C)(C)C)cc(C(C)(C)C)c6)cc54)ccc4c2CCCC4)CCCC3)n2cc(C)c3ccc(-c4cc(C(C)(C)C)cc(C(C)(C)C)c4)cc32)c2cc(-c3cc(C(C)(C)C)cc(C(C)(C)C)c3)ccc12. The first-order valence-electron chi connectivity index (χ1n) is 44.5. The number of aromatic nitrogens is 4. The van der Waals surface area contributed by atoms with Crippen LogP contribution in [0, 0.1) is 27.7 Å². The van der Waals surface area contributed by atoms with Gasteiger partial charge in [0.1, 0.15) is 11.5 Å². The normalized spacial score (nSPS) is 14.2. The second kappa shape index (κ2) is 30.4. The molecule has 120 heavy (non-hydrogen) atoms. The van der Waals surface area contributed by atoms with Crippen LogP contribution in [0.1, 0.15) is 281 Å². The van der Waals surface area contributed by atoms with Crippen molar-refractivity contribution >= 4 is 60.5 Å². The van der Waals surface area contributed by atoms with E-state index in [1.54, 1.807) is 0 Å². The Morgan fingerprint density at radius 2 is 0.442 bits per heavy atom. The Labute approximate surface area is 721 Å². The molecule has 16 rings (SSSR count). The van der Waals surface area contributed by atoms with E-state index in [9.17, 15) is 0 Å². The zero-order valence-electron chi connectivity index (χ0n) is 77.6. The lowest BCUT2D eigenvalue weighted by Gasteiger charge is -2.31. The largest absolute Gasteiger partial charge is 0.435 e. The molecular weight excluding hydrogens is 1500 g/mol. The van der Waals surface area contributed by atoms with Crippen LogP contribution >= 0.6 is 16.9 Å². The summed E-state index contributed by atoms with van der Waals surface area (Å²) in [5.41, 5.74) is 37.3. The summed E-state index contributed by atoms with van der Waals surface area (Å²) in [7, 11) is -3.60. The molecule has 8 heteroatoms. The minimum Gasteiger partial charge on any atom is -0.435 e. The Morgan fingerprint density at radius 1 is 0.233 bits per heavy atom. The molecule has 4 aromatic heterocycles. The second-order valence-corrected chi connectivity index (χ2v) is 47.1. The van der Waals surface area contributed by atoms with Crippen LogP contribution < -0.4 is 9.05 Å². The van der Waals surface area contributed by atoms with Crippen LogP contribution in [0.25, 0.3) is 99.2 Å². The molecular formula is C112H132N4O2P2. The van der Waals surface area contributed by atoms with Crippen molar-refractivity contribution in [2.75, 3.05) is 0 Å². The first-order valence-corrected chi connectivity index (χ1v) is 46.9. The highest BCUT2D eigenvalue weighted by molar-refractivity contribution is 7.50. The van der Waals surface area contributed by atoms with Crippen molar-refractivity contribution in [3.63, 3.8) is 0 Å². The molecule has 2 aliphatic rings. The minimum atomic E-state index is -1.80. The summed E-state index contributed by atoms with van der Waals surface area (Å²) in [6, 6.07) is 67.9. The maximum absolute atomic E-state index is 8.63. The molecule has 14 aromatic rings. The Hall–Kier alpha value is -9.18. The second-order valence-electron chi connectivity index (χ2n) is 44.0. The summed E-state index contributed by atoms with van der Waals surface area (Å²) in [5, 5.41) is 4.86. The summed E-state index contributed by atoms with van der Waals surface area (Å²) in [5.74, 6) is 1.78. The van der Waals surface area contributed by atoms with Crippen molar-refractivity contribution in [3.05, 3.63) is 284 Å².